The molecule has 0 radical (unpaired) electrons. The second kappa shape index (κ2) is 7.47. The van der Waals surface area contributed by atoms with Crippen LogP contribution in [0.4, 0.5) is 5.82 Å². The third-order valence-electron chi connectivity index (χ3n) is 4.22. The van der Waals surface area contributed by atoms with E-state index in [4.69, 9.17) is 15.2 Å². The number of anilines is 1. The first kappa shape index (κ1) is 19.3. The highest BCUT2D eigenvalue weighted by molar-refractivity contribution is 5.95. The molecule has 1 heterocycles. The summed E-state index contributed by atoms with van der Waals surface area (Å²) < 4.78 is 11.8. The molecule has 0 amide bonds. The Morgan fingerprint density at radius 2 is 1.92 bits per heavy atom. The van der Waals surface area contributed by atoms with Gasteiger partial charge in [-0.05, 0) is 51.0 Å². The minimum absolute atomic E-state index is 0.0258. The third-order valence-corrected chi connectivity index (χ3v) is 4.22. The van der Waals surface area contributed by atoms with Crippen molar-refractivity contribution in [3.63, 3.8) is 0 Å². The number of aryl methyl sites for hydroxylation is 1. The van der Waals surface area contributed by atoms with Crippen LogP contribution < -0.4 is 16.0 Å². The van der Waals surface area contributed by atoms with Crippen molar-refractivity contribution in [1.29, 1.82) is 0 Å². The van der Waals surface area contributed by atoms with Gasteiger partial charge in [-0.3, -0.25) is 9.36 Å². The largest absolute Gasteiger partial charge is 0.496 e. The summed E-state index contributed by atoms with van der Waals surface area (Å²) in [4.78, 5) is 25.5. The molecule has 2 N–H and O–H groups in total. The van der Waals surface area contributed by atoms with Gasteiger partial charge in [0.25, 0.3) is 5.56 Å². The third kappa shape index (κ3) is 3.22. The summed E-state index contributed by atoms with van der Waals surface area (Å²) in [5.41, 5.74) is 9.02. The molecule has 0 unspecified atom stereocenters. The van der Waals surface area contributed by atoms with Crippen molar-refractivity contribution in [1.82, 2.24) is 4.57 Å². The van der Waals surface area contributed by atoms with E-state index >= 15 is 0 Å². The van der Waals surface area contributed by atoms with E-state index in [-0.39, 0.29) is 23.5 Å². The maximum atomic E-state index is 13.1. The number of carbonyl (C=O) groups is 1. The van der Waals surface area contributed by atoms with Crippen LogP contribution in [0.2, 0.25) is 0 Å². The summed E-state index contributed by atoms with van der Waals surface area (Å²) in [5.74, 6) is 0.0627. The number of carbonyl (C=O) groups excluding carboxylic acids is 1. The number of pyridine rings is 1. The first-order valence-electron chi connectivity index (χ1n) is 8.27. The van der Waals surface area contributed by atoms with Crippen LogP contribution in [0.1, 0.15) is 40.9 Å². The molecule has 0 aliphatic heterocycles. The van der Waals surface area contributed by atoms with E-state index in [9.17, 15) is 9.59 Å². The highest BCUT2D eigenvalue weighted by atomic mass is 16.5. The summed E-state index contributed by atoms with van der Waals surface area (Å²) in [6.45, 7) is 11.2. The molecule has 0 saturated heterocycles. The number of methoxy groups -OCH3 is 1. The van der Waals surface area contributed by atoms with Gasteiger partial charge < -0.3 is 15.2 Å². The van der Waals surface area contributed by atoms with Gasteiger partial charge in [0.05, 0.1) is 19.4 Å². The van der Waals surface area contributed by atoms with E-state index in [2.05, 4.69) is 6.58 Å². The van der Waals surface area contributed by atoms with Crippen molar-refractivity contribution < 1.29 is 14.3 Å². The number of hydrogen-bond donors (Lipinski definition) is 1. The fraction of sp³-hybridized carbons (Fsp3) is 0.300. The molecule has 6 heteroatoms. The number of nitrogens with two attached hydrogens (primary N) is 1. The van der Waals surface area contributed by atoms with Crippen LogP contribution >= 0.6 is 0 Å². The van der Waals surface area contributed by atoms with E-state index in [0.717, 1.165) is 11.1 Å². The second-order valence-electron chi connectivity index (χ2n) is 6.06. The number of benzene rings is 1. The minimum atomic E-state index is -0.584. The highest BCUT2D eigenvalue weighted by Crippen LogP contribution is 2.30. The maximum absolute atomic E-state index is 13.1. The molecule has 2 aromatic rings. The van der Waals surface area contributed by atoms with E-state index < -0.39 is 5.97 Å². The molecule has 0 spiro atoms. The number of aromatic nitrogens is 1. The van der Waals surface area contributed by atoms with E-state index in [1.165, 1.54) is 10.6 Å². The molecule has 0 aliphatic rings. The van der Waals surface area contributed by atoms with E-state index in [1.807, 2.05) is 26.0 Å². The van der Waals surface area contributed by atoms with Crippen molar-refractivity contribution in [2.75, 3.05) is 19.5 Å². The van der Waals surface area contributed by atoms with Crippen LogP contribution in [0.25, 0.3) is 11.3 Å². The molecule has 2 rings (SSSR count). The van der Waals surface area contributed by atoms with Gasteiger partial charge in [-0.15, -0.1) is 0 Å². The molecule has 0 saturated carbocycles. The topological polar surface area (TPSA) is 83.6 Å². The van der Waals surface area contributed by atoms with Gasteiger partial charge in [-0.25, -0.2) is 4.79 Å². The van der Waals surface area contributed by atoms with Crippen LogP contribution in [0.3, 0.4) is 0 Å². The van der Waals surface area contributed by atoms with Crippen molar-refractivity contribution in [3.8, 4) is 11.4 Å². The molecular formula is C20H24N2O4. The molecule has 0 atom stereocenters. The van der Waals surface area contributed by atoms with E-state index in [0.29, 0.717) is 22.6 Å². The van der Waals surface area contributed by atoms with Crippen molar-refractivity contribution in [3.05, 3.63) is 57.4 Å². The molecule has 0 bridgehead atoms. The smallest absolute Gasteiger partial charge is 0.341 e. The van der Waals surface area contributed by atoms with Crippen LogP contribution in [0, 0.1) is 13.8 Å². The fourth-order valence-corrected chi connectivity index (χ4v) is 2.91. The van der Waals surface area contributed by atoms with Crippen molar-refractivity contribution >= 4 is 17.4 Å². The molecule has 0 aliphatic carbocycles. The van der Waals surface area contributed by atoms with E-state index in [1.54, 1.807) is 21.0 Å². The Hall–Kier alpha value is -3.02. The standard InChI is InChI=1S/C20H24N2O4/c1-7-26-20(24)15-10-14(11(2)3)19(23)22(18(15)21)17-12(4)8-9-16(25-6)13(17)5/h8-10H,2,7,21H2,1,3-6H3. The van der Waals surface area contributed by atoms with Crippen LogP contribution in [-0.4, -0.2) is 24.3 Å². The fourth-order valence-electron chi connectivity index (χ4n) is 2.91. The lowest BCUT2D eigenvalue weighted by molar-refractivity contribution is 0.0527. The summed E-state index contributed by atoms with van der Waals surface area (Å²) >= 11 is 0. The van der Waals surface area contributed by atoms with Gasteiger partial charge in [-0.1, -0.05) is 12.6 Å². The molecule has 1 aromatic heterocycles. The van der Waals surface area contributed by atoms with Crippen LogP contribution in [-0.2, 0) is 4.74 Å². The highest BCUT2D eigenvalue weighted by Gasteiger charge is 2.22. The normalized spacial score (nSPS) is 10.5. The number of nitrogen functional groups attached to an aromatic ring is 1. The average molecular weight is 356 g/mol. The SMILES string of the molecule is C=C(C)c1cc(C(=O)OCC)c(N)n(-c2c(C)ccc(OC)c2C)c1=O. The summed E-state index contributed by atoms with van der Waals surface area (Å²) in [5, 5.41) is 0. The van der Waals surface area contributed by atoms with Gasteiger partial charge in [0, 0.05) is 11.1 Å². The number of hydrogen-bond acceptors (Lipinski definition) is 5. The lowest BCUT2D eigenvalue weighted by Gasteiger charge is -2.20. The second-order valence-corrected chi connectivity index (χ2v) is 6.06. The monoisotopic (exact) mass is 356 g/mol. The van der Waals surface area contributed by atoms with Crippen molar-refractivity contribution in [2.24, 2.45) is 0 Å². The molecular weight excluding hydrogens is 332 g/mol. The zero-order valence-electron chi connectivity index (χ0n) is 15.8. The quantitative estimate of drug-likeness (QED) is 0.832. The van der Waals surface area contributed by atoms with Gasteiger partial charge >= 0.3 is 5.97 Å². The Kier molecular flexibility index (Phi) is 5.55. The molecule has 6 nitrogen and oxygen atoms in total. The number of nitrogens with zero attached hydrogens (tertiary/aromatic N) is 1. The average Bonchev–Trinajstić information content (AvgIpc) is 2.57. The number of ether oxygens (including phenoxy) is 2. The Balaban J connectivity index is 2.96. The summed E-state index contributed by atoms with van der Waals surface area (Å²) in [7, 11) is 1.56. The Bertz CT molecular complexity index is 942. The zero-order valence-corrected chi connectivity index (χ0v) is 15.8. The van der Waals surface area contributed by atoms with Gasteiger partial charge in [0.2, 0.25) is 0 Å². The van der Waals surface area contributed by atoms with Crippen molar-refractivity contribution in [2.45, 2.75) is 27.7 Å². The van der Waals surface area contributed by atoms with Gasteiger partial charge in [0.1, 0.15) is 17.1 Å². The van der Waals surface area contributed by atoms with Crippen LogP contribution in [0.15, 0.2) is 29.6 Å². The zero-order chi connectivity index (χ0) is 19.6. The first-order chi connectivity index (χ1) is 12.2. The summed E-state index contributed by atoms with van der Waals surface area (Å²) in [6.07, 6.45) is 0. The van der Waals surface area contributed by atoms with Gasteiger partial charge in [-0.2, -0.15) is 0 Å². The molecule has 1 aromatic carbocycles. The molecule has 138 valence electrons. The Morgan fingerprint density at radius 1 is 1.27 bits per heavy atom. The maximum Gasteiger partial charge on any atom is 0.341 e. The number of allylic oxidation sites excluding steroid dienone is 1. The predicted octanol–water partition coefficient (Wildman–Crippen LogP) is 3.25. The Morgan fingerprint density at radius 3 is 2.46 bits per heavy atom. The van der Waals surface area contributed by atoms with Gasteiger partial charge in [0.15, 0.2) is 0 Å². The Labute approximate surface area is 152 Å². The summed E-state index contributed by atoms with van der Waals surface area (Å²) in [6, 6.07) is 5.11. The molecule has 26 heavy (non-hydrogen) atoms. The minimum Gasteiger partial charge on any atom is -0.496 e. The number of esters is 1. The first-order valence-corrected chi connectivity index (χ1v) is 8.27. The molecule has 0 fully saturated rings. The lowest BCUT2D eigenvalue weighted by atomic mass is 10.0. The predicted molar refractivity (Wildman–Crippen MR) is 103 cm³/mol. The number of rotatable bonds is 5. The van der Waals surface area contributed by atoms with Crippen LogP contribution in [0.5, 0.6) is 5.75 Å². The lowest BCUT2D eigenvalue weighted by Crippen LogP contribution is -2.28.